The van der Waals surface area contributed by atoms with Crippen LogP contribution in [0.15, 0.2) is 77.0 Å². The van der Waals surface area contributed by atoms with E-state index in [1.807, 2.05) is 47.9 Å². The number of nitrogens with zero attached hydrogens (tertiary/aromatic N) is 4. The van der Waals surface area contributed by atoms with E-state index < -0.39 is 0 Å². The second kappa shape index (κ2) is 12.5. The molecule has 1 N–H and O–H groups in total. The third-order valence-corrected chi connectivity index (χ3v) is 7.08. The summed E-state index contributed by atoms with van der Waals surface area (Å²) in [5.41, 5.74) is 5.59. The first-order chi connectivity index (χ1) is 17.9. The summed E-state index contributed by atoms with van der Waals surface area (Å²) < 4.78 is 7.46. The Morgan fingerprint density at radius 3 is 2.41 bits per heavy atom. The van der Waals surface area contributed by atoms with Crippen molar-refractivity contribution in [2.45, 2.75) is 19.0 Å². The van der Waals surface area contributed by atoms with Crippen LogP contribution in [0.3, 0.4) is 0 Å². The van der Waals surface area contributed by atoms with Crippen LogP contribution in [0.4, 0.5) is 0 Å². The number of hydrogen-bond donors (Lipinski definition) is 1. The Kier molecular flexibility index (Phi) is 9.10. The number of amides is 1. The first-order valence-corrected chi connectivity index (χ1v) is 13.3. The summed E-state index contributed by atoms with van der Waals surface area (Å²) in [4.78, 5) is 12.6. The Balaban J connectivity index is 1.53. The number of ether oxygens (including phenoxy) is 1. The first-order valence-electron chi connectivity index (χ1n) is 11.2. The largest absolute Gasteiger partial charge is 0.494 e. The Morgan fingerprint density at radius 2 is 1.73 bits per heavy atom. The van der Waals surface area contributed by atoms with Crippen molar-refractivity contribution in [1.82, 2.24) is 20.2 Å². The van der Waals surface area contributed by atoms with Crippen LogP contribution in [0, 0.1) is 0 Å². The fourth-order valence-corrected chi connectivity index (χ4v) is 4.50. The van der Waals surface area contributed by atoms with Gasteiger partial charge in [0.15, 0.2) is 11.0 Å². The van der Waals surface area contributed by atoms with Gasteiger partial charge in [-0.2, -0.15) is 5.10 Å². The van der Waals surface area contributed by atoms with Crippen molar-refractivity contribution in [2.75, 3.05) is 12.4 Å². The Hall–Kier alpha value is -3.04. The second-order valence-corrected chi connectivity index (χ2v) is 9.92. The lowest BCUT2D eigenvalue weighted by Crippen LogP contribution is -2.21. The van der Waals surface area contributed by atoms with Crippen LogP contribution in [0.2, 0.25) is 15.1 Å². The molecule has 0 radical (unpaired) electrons. The summed E-state index contributed by atoms with van der Waals surface area (Å²) in [6.45, 7) is 4.28. The van der Waals surface area contributed by atoms with Crippen LogP contribution in [-0.4, -0.2) is 38.7 Å². The molecule has 4 rings (SSSR count). The SMILES string of the molecule is CCOc1ccc(-n2c(SCC(=O)N/N=C(/C)c3ccc(Cl)c(Cl)c3)nnc2-c2ccc(Cl)cc2)cc1. The van der Waals surface area contributed by atoms with E-state index in [0.29, 0.717) is 38.4 Å². The van der Waals surface area contributed by atoms with Crippen molar-refractivity contribution in [1.29, 1.82) is 0 Å². The first kappa shape index (κ1) is 27.0. The van der Waals surface area contributed by atoms with E-state index in [2.05, 4.69) is 20.7 Å². The van der Waals surface area contributed by atoms with Crippen LogP contribution in [0.1, 0.15) is 19.4 Å². The minimum Gasteiger partial charge on any atom is -0.494 e. The zero-order valence-corrected chi connectivity index (χ0v) is 23.0. The number of hydrogen-bond acceptors (Lipinski definition) is 6. The molecule has 1 aromatic heterocycles. The van der Waals surface area contributed by atoms with Crippen molar-refractivity contribution in [3.8, 4) is 22.8 Å². The van der Waals surface area contributed by atoms with Gasteiger partial charge in [0.25, 0.3) is 5.91 Å². The third-order valence-electron chi connectivity index (χ3n) is 5.16. The van der Waals surface area contributed by atoms with E-state index in [1.165, 1.54) is 11.8 Å². The van der Waals surface area contributed by atoms with Crippen LogP contribution >= 0.6 is 46.6 Å². The maximum Gasteiger partial charge on any atom is 0.250 e. The number of hydrazone groups is 1. The van der Waals surface area contributed by atoms with Gasteiger partial charge in [-0.05, 0) is 80.1 Å². The number of nitrogens with one attached hydrogen (secondary N) is 1. The predicted octanol–water partition coefficient (Wildman–Crippen LogP) is 6.93. The predicted molar refractivity (Wildman–Crippen MR) is 151 cm³/mol. The number of halogens is 3. The number of benzene rings is 3. The molecule has 0 aliphatic rings. The van der Waals surface area contributed by atoms with E-state index in [-0.39, 0.29) is 11.7 Å². The summed E-state index contributed by atoms with van der Waals surface area (Å²) in [5, 5.41) is 15.0. The van der Waals surface area contributed by atoms with Crippen LogP contribution in [0.5, 0.6) is 5.75 Å². The van der Waals surface area contributed by atoms with Gasteiger partial charge in [-0.15, -0.1) is 10.2 Å². The number of aromatic nitrogens is 3. The highest BCUT2D eigenvalue weighted by atomic mass is 35.5. The van der Waals surface area contributed by atoms with Gasteiger partial charge in [0.2, 0.25) is 0 Å². The molecule has 0 saturated carbocycles. The molecular weight excluding hydrogens is 553 g/mol. The quantitative estimate of drug-likeness (QED) is 0.133. The summed E-state index contributed by atoms with van der Waals surface area (Å²) in [6, 6.07) is 20.1. The molecule has 3 aromatic carbocycles. The van der Waals surface area contributed by atoms with Crippen LogP contribution < -0.4 is 10.2 Å². The highest BCUT2D eigenvalue weighted by Crippen LogP contribution is 2.29. The van der Waals surface area contributed by atoms with Gasteiger partial charge >= 0.3 is 0 Å². The zero-order valence-electron chi connectivity index (χ0n) is 19.9. The maximum atomic E-state index is 12.6. The average Bonchev–Trinajstić information content (AvgIpc) is 3.32. The second-order valence-electron chi connectivity index (χ2n) is 7.73. The molecule has 0 saturated heterocycles. The van der Waals surface area contributed by atoms with Crippen molar-refractivity contribution < 1.29 is 9.53 Å². The minimum atomic E-state index is -0.293. The number of carbonyl (C=O) groups excluding carboxylic acids is 1. The van der Waals surface area contributed by atoms with Crippen molar-refractivity contribution >= 4 is 58.2 Å². The van der Waals surface area contributed by atoms with Crippen molar-refractivity contribution in [3.63, 3.8) is 0 Å². The molecule has 190 valence electrons. The number of thioether (sulfide) groups is 1. The number of carbonyl (C=O) groups is 1. The lowest BCUT2D eigenvalue weighted by molar-refractivity contribution is -0.118. The molecule has 0 atom stereocenters. The lowest BCUT2D eigenvalue weighted by atomic mass is 10.1. The molecule has 37 heavy (non-hydrogen) atoms. The van der Waals surface area contributed by atoms with E-state index in [1.54, 1.807) is 37.3 Å². The van der Waals surface area contributed by atoms with Gasteiger partial charge in [-0.1, -0.05) is 52.6 Å². The smallest absolute Gasteiger partial charge is 0.250 e. The van der Waals surface area contributed by atoms with Crippen LogP contribution in [-0.2, 0) is 4.79 Å². The monoisotopic (exact) mass is 573 g/mol. The van der Waals surface area contributed by atoms with Gasteiger partial charge in [0, 0.05) is 16.3 Å². The topological polar surface area (TPSA) is 81.4 Å². The molecule has 0 aliphatic carbocycles. The summed E-state index contributed by atoms with van der Waals surface area (Å²) in [5.74, 6) is 1.17. The van der Waals surface area contributed by atoms with E-state index >= 15 is 0 Å². The molecule has 1 amide bonds. The summed E-state index contributed by atoms with van der Waals surface area (Å²) >= 11 is 19.4. The van der Waals surface area contributed by atoms with E-state index in [4.69, 9.17) is 39.5 Å². The molecule has 1 heterocycles. The normalized spacial score (nSPS) is 11.4. The molecule has 0 bridgehead atoms. The fourth-order valence-electron chi connectivity index (χ4n) is 3.33. The molecule has 7 nitrogen and oxygen atoms in total. The summed E-state index contributed by atoms with van der Waals surface area (Å²) in [7, 11) is 0. The van der Waals surface area contributed by atoms with Gasteiger partial charge in [-0.25, -0.2) is 5.43 Å². The Bertz CT molecular complexity index is 1420. The van der Waals surface area contributed by atoms with Crippen molar-refractivity contribution in [2.24, 2.45) is 5.10 Å². The number of rotatable bonds is 9. The standard InChI is InChI=1S/C26H22Cl3N5O2S/c1-3-36-21-11-9-20(10-12-21)34-25(17-4-7-19(27)8-5-17)32-33-26(34)37-15-24(35)31-30-16(2)18-6-13-22(28)23(29)14-18/h4-14H,3,15H2,1-2H3,(H,31,35)/b30-16-. The molecule has 11 heteroatoms. The fraction of sp³-hybridized carbons (Fsp3) is 0.154. The Labute approximate surface area is 233 Å². The maximum absolute atomic E-state index is 12.6. The van der Waals surface area contributed by atoms with Crippen molar-refractivity contribution in [3.05, 3.63) is 87.4 Å². The van der Waals surface area contributed by atoms with Gasteiger partial charge < -0.3 is 4.74 Å². The molecule has 0 unspecified atom stereocenters. The lowest BCUT2D eigenvalue weighted by Gasteiger charge is -2.11. The highest BCUT2D eigenvalue weighted by molar-refractivity contribution is 7.99. The molecule has 4 aromatic rings. The van der Waals surface area contributed by atoms with Gasteiger partial charge in [0.1, 0.15) is 5.75 Å². The molecular formula is C26H22Cl3N5O2S. The highest BCUT2D eigenvalue weighted by Gasteiger charge is 2.17. The summed E-state index contributed by atoms with van der Waals surface area (Å²) in [6.07, 6.45) is 0. The van der Waals surface area contributed by atoms with Crippen LogP contribution in [0.25, 0.3) is 17.1 Å². The average molecular weight is 575 g/mol. The molecule has 0 aliphatic heterocycles. The van der Waals surface area contributed by atoms with E-state index in [9.17, 15) is 4.79 Å². The molecule has 0 fully saturated rings. The Morgan fingerprint density at radius 1 is 1.00 bits per heavy atom. The van der Waals surface area contributed by atoms with E-state index in [0.717, 1.165) is 22.6 Å². The third kappa shape index (κ3) is 6.84. The zero-order chi connectivity index (χ0) is 26.4. The molecule has 0 spiro atoms. The minimum absolute atomic E-state index is 0.0773. The van der Waals surface area contributed by atoms with Gasteiger partial charge in [0.05, 0.1) is 28.1 Å². The van der Waals surface area contributed by atoms with Gasteiger partial charge in [-0.3, -0.25) is 9.36 Å².